The first-order valence-electron chi connectivity index (χ1n) is 9.35. The molecular weight excluding hydrogens is 328 g/mol. The van der Waals surface area contributed by atoms with E-state index < -0.39 is 6.10 Å². The van der Waals surface area contributed by atoms with E-state index in [1.54, 1.807) is 12.1 Å². The van der Waals surface area contributed by atoms with Crippen molar-refractivity contribution in [2.75, 3.05) is 19.6 Å². The van der Waals surface area contributed by atoms with Crippen molar-refractivity contribution < 1.29 is 14.9 Å². The van der Waals surface area contributed by atoms with Crippen molar-refractivity contribution in [3.63, 3.8) is 0 Å². The minimum atomic E-state index is -0.617. The molecule has 2 N–H and O–H groups in total. The molecular formula is C21H26N2O3. The van der Waals surface area contributed by atoms with Crippen LogP contribution in [0, 0.1) is 18.8 Å². The molecule has 2 aliphatic rings. The monoisotopic (exact) mass is 354 g/mol. The highest BCUT2D eigenvalue weighted by atomic mass is 16.5. The van der Waals surface area contributed by atoms with E-state index in [2.05, 4.69) is 41.1 Å². The Labute approximate surface area is 154 Å². The molecule has 1 unspecified atom stereocenters. The molecule has 1 aromatic carbocycles. The fourth-order valence-electron chi connectivity index (χ4n) is 4.33. The predicted molar refractivity (Wildman–Crippen MR) is 99.1 cm³/mol. The number of aryl methyl sites for hydroxylation is 1. The standard InChI is InChI=1S/C21H26N2O3/c1-14-2-5-18(6-3-14)26-19-8-15-11-23(12-16(15)9-19)13-21(25)20-7-4-17(24)10-22-20/h2-7,10,15-16,19,21,24-25H,8-9,11-13H2,1H3/t15-,16+,19-,21?. The Hall–Kier alpha value is -2.11. The van der Waals surface area contributed by atoms with E-state index >= 15 is 0 Å². The summed E-state index contributed by atoms with van der Waals surface area (Å²) in [6.45, 7) is 4.69. The second kappa shape index (κ2) is 7.25. The lowest BCUT2D eigenvalue weighted by Gasteiger charge is -2.22. The molecule has 26 heavy (non-hydrogen) atoms. The fraction of sp³-hybridized carbons (Fsp3) is 0.476. The van der Waals surface area contributed by atoms with Crippen LogP contribution in [0.2, 0.25) is 0 Å². The van der Waals surface area contributed by atoms with Crippen molar-refractivity contribution in [3.8, 4) is 11.5 Å². The molecule has 2 aromatic rings. The van der Waals surface area contributed by atoms with Gasteiger partial charge < -0.3 is 14.9 Å². The third-order valence-corrected chi connectivity index (χ3v) is 5.65. The molecule has 1 aliphatic heterocycles. The molecule has 4 atom stereocenters. The average molecular weight is 354 g/mol. The molecule has 0 amide bonds. The number of likely N-dealkylation sites (tertiary alicyclic amines) is 1. The number of fused-ring (bicyclic) bond motifs is 1. The van der Waals surface area contributed by atoms with Crippen LogP contribution in [0.4, 0.5) is 0 Å². The zero-order chi connectivity index (χ0) is 18.1. The number of β-amino-alcohol motifs (C(OH)–C–C–N with tert-alkyl or cyclic N) is 1. The molecule has 5 nitrogen and oxygen atoms in total. The zero-order valence-electron chi connectivity index (χ0n) is 15.1. The van der Waals surface area contributed by atoms with Gasteiger partial charge in [0.1, 0.15) is 17.6 Å². The van der Waals surface area contributed by atoms with Crippen LogP contribution in [-0.2, 0) is 0 Å². The van der Waals surface area contributed by atoms with Gasteiger partial charge in [0.05, 0.1) is 18.0 Å². The smallest absolute Gasteiger partial charge is 0.133 e. The molecule has 0 bridgehead atoms. The number of ether oxygens (including phenoxy) is 1. The highest BCUT2D eigenvalue weighted by Crippen LogP contribution is 2.40. The lowest BCUT2D eigenvalue weighted by atomic mass is 10.0. The van der Waals surface area contributed by atoms with Crippen LogP contribution in [0.15, 0.2) is 42.6 Å². The summed E-state index contributed by atoms with van der Waals surface area (Å²) in [5.74, 6) is 2.37. The third kappa shape index (κ3) is 3.84. The van der Waals surface area contributed by atoms with E-state index in [1.807, 2.05) is 0 Å². The lowest BCUT2D eigenvalue weighted by Crippen LogP contribution is -2.29. The van der Waals surface area contributed by atoms with Crippen molar-refractivity contribution >= 4 is 0 Å². The number of nitrogens with zero attached hydrogens (tertiary/aromatic N) is 2. The number of hydrogen-bond acceptors (Lipinski definition) is 5. The van der Waals surface area contributed by atoms with Gasteiger partial charge in [-0.2, -0.15) is 0 Å². The first-order valence-corrected chi connectivity index (χ1v) is 9.35. The molecule has 4 rings (SSSR count). The maximum absolute atomic E-state index is 10.4. The Morgan fingerprint density at radius 3 is 2.42 bits per heavy atom. The first-order chi connectivity index (χ1) is 12.6. The van der Waals surface area contributed by atoms with Gasteiger partial charge in [0.2, 0.25) is 0 Å². The summed E-state index contributed by atoms with van der Waals surface area (Å²) in [5, 5.41) is 19.7. The quantitative estimate of drug-likeness (QED) is 0.864. The van der Waals surface area contributed by atoms with Crippen molar-refractivity contribution in [3.05, 3.63) is 53.9 Å². The SMILES string of the molecule is Cc1ccc(O[C@@H]2C[C@@H]3CN(CC(O)c4ccc(O)cn4)C[C@@H]3C2)cc1. The van der Waals surface area contributed by atoms with Gasteiger partial charge in [0, 0.05) is 19.6 Å². The van der Waals surface area contributed by atoms with Gasteiger partial charge in [0.25, 0.3) is 0 Å². The van der Waals surface area contributed by atoms with Crippen LogP contribution in [-0.4, -0.2) is 45.8 Å². The van der Waals surface area contributed by atoms with Gasteiger partial charge in [-0.15, -0.1) is 0 Å². The summed E-state index contributed by atoms with van der Waals surface area (Å²) in [4.78, 5) is 6.44. The highest BCUT2D eigenvalue weighted by molar-refractivity contribution is 5.26. The van der Waals surface area contributed by atoms with Gasteiger partial charge in [-0.25, -0.2) is 0 Å². The predicted octanol–water partition coefficient (Wildman–Crippen LogP) is 2.92. The lowest BCUT2D eigenvalue weighted by molar-refractivity contribution is 0.113. The van der Waals surface area contributed by atoms with Crippen LogP contribution in [0.5, 0.6) is 11.5 Å². The Morgan fingerprint density at radius 1 is 1.12 bits per heavy atom. The molecule has 5 heteroatoms. The normalized spacial score (nSPS) is 26.6. The van der Waals surface area contributed by atoms with Gasteiger partial charge in [-0.3, -0.25) is 9.88 Å². The van der Waals surface area contributed by atoms with Crippen LogP contribution in [0.3, 0.4) is 0 Å². The average Bonchev–Trinajstić information content (AvgIpc) is 3.15. The molecule has 1 aliphatic carbocycles. The summed E-state index contributed by atoms with van der Waals surface area (Å²) < 4.78 is 6.16. The first kappa shape index (κ1) is 17.3. The van der Waals surface area contributed by atoms with E-state index in [0.29, 0.717) is 30.2 Å². The van der Waals surface area contributed by atoms with Gasteiger partial charge in [0.15, 0.2) is 0 Å². The minimum Gasteiger partial charge on any atom is -0.506 e. The Balaban J connectivity index is 1.28. The van der Waals surface area contributed by atoms with Crippen LogP contribution >= 0.6 is 0 Å². The zero-order valence-corrected chi connectivity index (χ0v) is 15.1. The van der Waals surface area contributed by atoms with Gasteiger partial charge in [-0.1, -0.05) is 17.7 Å². The maximum Gasteiger partial charge on any atom is 0.133 e. The van der Waals surface area contributed by atoms with Crippen LogP contribution < -0.4 is 4.74 Å². The number of hydrogen-bond donors (Lipinski definition) is 2. The van der Waals surface area contributed by atoms with Crippen LogP contribution in [0.1, 0.15) is 30.2 Å². The largest absolute Gasteiger partial charge is 0.506 e. The maximum atomic E-state index is 10.4. The second-order valence-corrected chi connectivity index (χ2v) is 7.72. The Bertz CT molecular complexity index is 718. The number of aromatic nitrogens is 1. The third-order valence-electron chi connectivity index (χ3n) is 5.65. The Morgan fingerprint density at radius 2 is 1.81 bits per heavy atom. The molecule has 2 fully saturated rings. The van der Waals surface area contributed by atoms with Gasteiger partial charge >= 0.3 is 0 Å². The van der Waals surface area contributed by atoms with E-state index in [9.17, 15) is 10.2 Å². The van der Waals surface area contributed by atoms with E-state index in [0.717, 1.165) is 31.7 Å². The molecule has 0 radical (unpaired) electrons. The number of pyridine rings is 1. The van der Waals surface area contributed by atoms with Crippen molar-refractivity contribution in [1.29, 1.82) is 0 Å². The van der Waals surface area contributed by atoms with E-state index in [1.165, 1.54) is 11.8 Å². The molecule has 1 saturated heterocycles. The van der Waals surface area contributed by atoms with Crippen molar-refractivity contribution in [2.45, 2.75) is 32.0 Å². The van der Waals surface area contributed by atoms with Crippen molar-refractivity contribution in [1.82, 2.24) is 9.88 Å². The highest BCUT2D eigenvalue weighted by Gasteiger charge is 2.42. The van der Waals surface area contributed by atoms with Crippen LogP contribution in [0.25, 0.3) is 0 Å². The number of aromatic hydroxyl groups is 1. The number of aliphatic hydroxyl groups excluding tert-OH is 1. The molecule has 1 saturated carbocycles. The van der Waals surface area contributed by atoms with E-state index in [4.69, 9.17) is 4.74 Å². The summed E-state index contributed by atoms with van der Waals surface area (Å²) in [6.07, 6.45) is 3.24. The number of benzene rings is 1. The molecule has 2 heterocycles. The number of aliphatic hydroxyl groups is 1. The summed E-state index contributed by atoms with van der Waals surface area (Å²) >= 11 is 0. The summed E-state index contributed by atoms with van der Waals surface area (Å²) in [7, 11) is 0. The topological polar surface area (TPSA) is 65.8 Å². The summed E-state index contributed by atoms with van der Waals surface area (Å²) in [6, 6.07) is 11.5. The second-order valence-electron chi connectivity index (χ2n) is 7.72. The molecule has 0 spiro atoms. The number of rotatable bonds is 5. The summed E-state index contributed by atoms with van der Waals surface area (Å²) in [5.41, 5.74) is 1.86. The molecule has 138 valence electrons. The van der Waals surface area contributed by atoms with Gasteiger partial charge in [-0.05, 0) is 55.9 Å². The fourth-order valence-corrected chi connectivity index (χ4v) is 4.33. The minimum absolute atomic E-state index is 0.122. The Kier molecular flexibility index (Phi) is 4.83. The molecule has 1 aromatic heterocycles. The van der Waals surface area contributed by atoms with Crippen molar-refractivity contribution in [2.24, 2.45) is 11.8 Å². The van der Waals surface area contributed by atoms with E-state index in [-0.39, 0.29) is 5.75 Å².